The van der Waals surface area contributed by atoms with E-state index in [1.807, 2.05) is 0 Å². The molecule has 4 rings (SSSR count). The van der Waals surface area contributed by atoms with Gasteiger partial charge in [0.15, 0.2) is 0 Å². The predicted molar refractivity (Wildman–Crippen MR) is 138 cm³/mol. The Morgan fingerprint density at radius 1 is 1.31 bits per heavy atom. The highest BCUT2D eigenvalue weighted by molar-refractivity contribution is 7.88. The number of nitrogens with two attached hydrogens (primary N) is 1. The van der Waals surface area contributed by atoms with Crippen LogP contribution in [0.15, 0.2) is 53.5 Å². The number of benzene rings is 1. The predicted octanol–water partition coefficient (Wildman–Crippen LogP) is 4.11. The van der Waals surface area contributed by atoms with E-state index in [0.717, 1.165) is 29.7 Å². The van der Waals surface area contributed by atoms with Crippen molar-refractivity contribution in [1.29, 1.82) is 0 Å². The van der Waals surface area contributed by atoms with Gasteiger partial charge in [0.1, 0.15) is 11.6 Å². The Labute approximate surface area is 224 Å². The van der Waals surface area contributed by atoms with Gasteiger partial charge in [-0.15, -0.1) is 11.3 Å². The number of pyridine rings is 1. The molecule has 3 heterocycles. The zero-order chi connectivity index (χ0) is 28.5. The average molecular weight is 585 g/mol. The molecule has 9 nitrogen and oxygen atoms in total. The van der Waals surface area contributed by atoms with E-state index in [0.29, 0.717) is 18.7 Å². The molecule has 1 saturated heterocycles. The molecule has 0 unspecified atom stereocenters. The molecule has 0 saturated carbocycles. The third kappa shape index (κ3) is 5.45. The number of amides is 1. The van der Waals surface area contributed by atoms with Gasteiger partial charge in [0, 0.05) is 53.0 Å². The van der Waals surface area contributed by atoms with Gasteiger partial charge in [-0.05, 0) is 29.7 Å². The highest BCUT2D eigenvalue weighted by atomic mass is 32.2. The first-order valence-electron chi connectivity index (χ1n) is 11.0. The number of aromatic nitrogens is 1. The number of likely N-dealkylation sites (tertiary alicyclic amines) is 1. The lowest BCUT2D eigenvalue weighted by Crippen LogP contribution is -2.52. The number of methoxy groups -OCH3 is 1. The van der Waals surface area contributed by atoms with E-state index in [-0.39, 0.29) is 44.6 Å². The van der Waals surface area contributed by atoms with E-state index < -0.39 is 27.3 Å². The Morgan fingerprint density at radius 3 is 2.64 bits per heavy atom. The van der Waals surface area contributed by atoms with Crippen LogP contribution in [0.2, 0.25) is 0 Å². The van der Waals surface area contributed by atoms with Crippen molar-refractivity contribution in [2.24, 2.45) is 10.7 Å². The summed E-state index contributed by atoms with van der Waals surface area (Å²) in [6.45, 7) is 4.02. The number of ether oxygens (including phenoxy) is 1. The van der Waals surface area contributed by atoms with E-state index in [4.69, 9.17) is 10.5 Å². The van der Waals surface area contributed by atoms with Crippen LogP contribution in [0.3, 0.4) is 0 Å². The molecule has 3 aromatic rings. The second-order valence-electron chi connectivity index (χ2n) is 8.13. The first kappa shape index (κ1) is 28.0. The fourth-order valence-electron chi connectivity index (χ4n) is 3.77. The topological polar surface area (TPSA) is 124 Å². The second-order valence-corrected chi connectivity index (χ2v) is 10.6. The normalized spacial score (nSPS) is 15.0. The highest BCUT2D eigenvalue weighted by Crippen LogP contribution is 2.45. The summed E-state index contributed by atoms with van der Waals surface area (Å²) < 4.78 is 87.2. The Bertz CT molecular complexity index is 1610. The number of carbonyl (C=O) groups excluding carboxylic acids is 1. The van der Waals surface area contributed by atoms with Crippen molar-refractivity contribution in [3.05, 3.63) is 60.0 Å². The quantitative estimate of drug-likeness (QED) is 0.139. The second kappa shape index (κ2) is 10.6. The lowest BCUT2D eigenvalue weighted by atomic mass is 9.97. The van der Waals surface area contributed by atoms with Gasteiger partial charge in [0.05, 0.1) is 24.2 Å². The third-order valence-electron chi connectivity index (χ3n) is 5.70. The van der Waals surface area contributed by atoms with E-state index in [1.54, 1.807) is 0 Å². The van der Waals surface area contributed by atoms with Crippen molar-refractivity contribution < 1.29 is 39.7 Å². The summed E-state index contributed by atoms with van der Waals surface area (Å²) in [6.07, 6.45) is 3.56. The molecule has 2 N–H and O–H groups in total. The van der Waals surface area contributed by atoms with Crippen LogP contribution in [-0.4, -0.2) is 62.2 Å². The number of halogens is 4. The van der Waals surface area contributed by atoms with Gasteiger partial charge in [-0.1, -0.05) is 6.58 Å². The number of hydrogen-bond donors (Lipinski definition) is 1. The number of fused-ring (bicyclic) bond motifs is 1. The number of carbonyl (C=O) groups is 1. The van der Waals surface area contributed by atoms with Gasteiger partial charge >= 0.3 is 15.6 Å². The summed E-state index contributed by atoms with van der Waals surface area (Å²) >= 11 is 1.06. The van der Waals surface area contributed by atoms with Crippen molar-refractivity contribution >= 4 is 49.2 Å². The first-order chi connectivity index (χ1) is 18.4. The summed E-state index contributed by atoms with van der Waals surface area (Å²) in [7, 11) is -4.76. The maximum Gasteiger partial charge on any atom is 0.534 e. The molecule has 0 atom stereocenters. The number of nitrogens with zero attached hydrogens (tertiary/aromatic N) is 3. The molecule has 0 bridgehead atoms. The Balaban J connectivity index is 1.89. The SMILES string of the molecule is C=CC(=O)N1CC(N=C/C(=C\N)c2nc(OS(=O)(=O)C(F)(F)F)c3ccsc3c2-c2ccc(F)cc2OC)C1. The zero-order valence-corrected chi connectivity index (χ0v) is 21.7. The lowest BCUT2D eigenvalue weighted by Gasteiger charge is -2.36. The molecule has 0 aliphatic carbocycles. The van der Waals surface area contributed by atoms with E-state index in [9.17, 15) is 30.8 Å². The van der Waals surface area contributed by atoms with Gasteiger partial charge in [0.2, 0.25) is 11.8 Å². The molecule has 39 heavy (non-hydrogen) atoms. The van der Waals surface area contributed by atoms with E-state index in [2.05, 4.69) is 20.7 Å². The molecule has 0 radical (unpaired) electrons. The number of thiophene rings is 1. The number of allylic oxidation sites excluding steroid dienone is 1. The molecule has 1 aromatic carbocycles. The van der Waals surface area contributed by atoms with Crippen molar-refractivity contribution in [3.8, 4) is 22.8 Å². The van der Waals surface area contributed by atoms with Crippen molar-refractivity contribution in [1.82, 2.24) is 9.88 Å². The first-order valence-corrected chi connectivity index (χ1v) is 13.3. The van der Waals surface area contributed by atoms with Crippen LogP contribution in [0.4, 0.5) is 17.6 Å². The molecule has 0 spiro atoms. The molecule has 1 aliphatic rings. The largest absolute Gasteiger partial charge is 0.534 e. The summed E-state index contributed by atoms with van der Waals surface area (Å²) in [5.41, 5.74) is 0.729. The Morgan fingerprint density at radius 2 is 2.03 bits per heavy atom. The van der Waals surface area contributed by atoms with Crippen molar-refractivity contribution in [2.45, 2.75) is 11.6 Å². The molecular weight excluding hydrogens is 564 g/mol. The maximum atomic E-state index is 14.0. The minimum atomic E-state index is -6.06. The number of rotatable bonds is 8. The van der Waals surface area contributed by atoms with Gasteiger partial charge < -0.3 is 19.6 Å². The molecule has 1 fully saturated rings. The van der Waals surface area contributed by atoms with Crippen molar-refractivity contribution in [2.75, 3.05) is 20.2 Å². The summed E-state index contributed by atoms with van der Waals surface area (Å²) in [5.74, 6) is -1.62. The molecule has 15 heteroatoms. The molecular formula is C24H20F4N4O5S2. The van der Waals surface area contributed by atoms with Crippen LogP contribution in [0.5, 0.6) is 11.6 Å². The fourth-order valence-corrected chi connectivity index (χ4v) is 5.15. The van der Waals surface area contributed by atoms with E-state index >= 15 is 0 Å². The monoisotopic (exact) mass is 584 g/mol. The third-order valence-corrected chi connectivity index (χ3v) is 7.58. The molecule has 1 amide bonds. The number of alkyl halides is 3. The zero-order valence-electron chi connectivity index (χ0n) is 20.1. The molecule has 1 aliphatic heterocycles. The summed E-state index contributed by atoms with van der Waals surface area (Å²) in [4.78, 5) is 21.7. The minimum absolute atomic E-state index is 0.0381. The van der Waals surface area contributed by atoms with Crippen LogP contribution in [-0.2, 0) is 14.9 Å². The molecule has 2 aromatic heterocycles. The highest BCUT2D eigenvalue weighted by Gasteiger charge is 2.49. The number of aliphatic imine (C=N–C) groups is 1. The smallest absolute Gasteiger partial charge is 0.496 e. The number of hydrogen-bond acceptors (Lipinski definition) is 9. The van der Waals surface area contributed by atoms with Crippen LogP contribution in [0.1, 0.15) is 5.69 Å². The minimum Gasteiger partial charge on any atom is -0.496 e. The lowest BCUT2D eigenvalue weighted by molar-refractivity contribution is -0.130. The van der Waals surface area contributed by atoms with Gasteiger partial charge in [-0.3, -0.25) is 9.79 Å². The summed E-state index contributed by atoms with van der Waals surface area (Å²) in [6, 6.07) is 4.68. The molecule has 206 valence electrons. The van der Waals surface area contributed by atoms with Crippen LogP contribution < -0.4 is 14.7 Å². The van der Waals surface area contributed by atoms with Crippen molar-refractivity contribution in [3.63, 3.8) is 0 Å². The van der Waals surface area contributed by atoms with Crippen LogP contribution >= 0.6 is 11.3 Å². The van der Waals surface area contributed by atoms with Gasteiger partial charge in [-0.2, -0.15) is 21.6 Å². The average Bonchev–Trinajstić information content (AvgIpc) is 3.34. The maximum absolute atomic E-state index is 14.0. The van der Waals surface area contributed by atoms with Gasteiger partial charge in [0.25, 0.3) is 0 Å². The Hall–Kier alpha value is -3.98. The van der Waals surface area contributed by atoms with Gasteiger partial charge in [-0.25, -0.2) is 9.37 Å². The standard InChI is InChI=1S/C24H20F4N4O5S2/c1-3-19(33)32-11-15(12-32)30-10-13(9-29)21-20(16-5-4-14(25)8-18(16)36-2)22-17(6-7-38-22)23(31-21)37-39(34,35)24(26,27)28/h3-10,15H,1,11-12,29H2,2H3/b13-9+,30-10?. The van der Waals surface area contributed by atoms with Crippen LogP contribution in [0.25, 0.3) is 26.8 Å². The fraction of sp³-hybridized carbons (Fsp3) is 0.208. The Kier molecular flexibility index (Phi) is 7.66. The van der Waals surface area contributed by atoms with Crippen LogP contribution in [0, 0.1) is 5.82 Å². The van der Waals surface area contributed by atoms with E-state index in [1.165, 1.54) is 41.8 Å². The summed E-state index contributed by atoms with van der Waals surface area (Å²) in [5, 5.41) is 1.46.